The van der Waals surface area contributed by atoms with Gasteiger partial charge in [-0.2, -0.15) is 0 Å². The zero-order chi connectivity index (χ0) is 14.9. The number of ether oxygens (including phenoxy) is 2. The van der Waals surface area contributed by atoms with Crippen LogP contribution in [0.5, 0.6) is 0 Å². The largest absolute Gasteiger partial charge is 0.467 e. The van der Waals surface area contributed by atoms with Crippen LogP contribution >= 0.6 is 0 Å². The van der Waals surface area contributed by atoms with Crippen molar-refractivity contribution < 1.29 is 19.1 Å². The third-order valence-electron chi connectivity index (χ3n) is 2.52. The molecule has 0 aliphatic carbocycles. The first kappa shape index (κ1) is 17.7. The molecule has 5 heteroatoms. The van der Waals surface area contributed by atoms with Crippen molar-refractivity contribution in [2.45, 2.75) is 71.4 Å². The number of hydrogen-bond acceptors (Lipinski definition) is 4. The molecule has 1 amide bonds. The molecular formula is C14H27NO4. The summed E-state index contributed by atoms with van der Waals surface area (Å²) in [6, 6.07) is -0.628. The van der Waals surface area contributed by atoms with E-state index >= 15 is 0 Å². The van der Waals surface area contributed by atoms with Gasteiger partial charge in [-0.25, -0.2) is 9.59 Å². The van der Waals surface area contributed by atoms with Crippen LogP contribution < -0.4 is 5.32 Å². The van der Waals surface area contributed by atoms with Crippen molar-refractivity contribution in [3.63, 3.8) is 0 Å². The fourth-order valence-electron chi connectivity index (χ4n) is 1.62. The van der Waals surface area contributed by atoms with Gasteiger partial charge in [0.25, 0.3) is 0 Å². The SMILES string of the molecule is CCCCCC[C@H](NC(=O)OC(C)(C)C)C(=O)OC. The molecular weight excluding hydrogens is 246 g/mol. The maximum Gasteiger partial charge on any atom is 0.408 e. The summed E-state index contributed by atoms with van der Waals surface area (Å²) in [6.07, 6.45) is 4.16. The molecule has 0 aromatic heterocycles. The molecule has 5 nitrogen and oxygen atoms in total. The summed E-state index contributed by atoms with van der Waals surface area (Å²) in [6.45, 7) is 7.46. The molecule has 0 aliphatic heterocycles. The molecule has 0 radical (unpaired) electrons. The monoisotopic (exact) mass is 273 g/mol. The van der Waals surface area contributed by atoms with Gasteiger partial charge in [-0.3, -0.25) is 0 Å². The van der Waals surface area contributed by atoms with E-state index in [-0.39, 0.29) is 0 Å². The second-order valence-electron chi connectivity index (χ2n) is 5.57. The highest BCUT2D eigenvalue weighted by atomic mass is 16.6. The van der Waals surface area contributed by atoms with E-state index in [1.54, 1.807) is 20.8 Å². The fraction of sp³-hybridized carbons (Fsp3) is 0.857. The average Bonchev–Trinajstić information content (AvgIpc) is 2.29. The Hall–Kier alpha value is -1.26. The van der Waals surface area contributed by atoms with Gasteiger partial charge in [0.1, 0.15) is 11.6 Å². The third-order valence-corrected chi connectivity index (χ3v) is 2.52. The Labute approximate surface area is 116 Å². The van der Waals surface area contributed by atoms with Gasteiger partial charge in [-0.1, -0.05) is 32.6 Å². The first-order valence-corrected chi connectivity index (χ1v) is 6.87. The van der Waals surface area contributed by atoms with Gasteiger partial charge in [0.15, 0.2) is 0 Å². The lowest BCUT2D eigenvalue weighted by Gasteiger charge is -2.22. The fourth-order valence-corrected chi connectivity index (χ4v) is 1.62. The van der Waals surface area contributed by atoms with Crippen LogP contribution in [0.4, 0.5) is 4.79 Å². The van der Waals surface area contributed by atoms with Crippen LogP contribution in [0.3, 0.4) is 0 Å². The predicted molar refractivity (Wildman–Crippen MR) is 73.9 cm³/mol. The quantitative estimate of drug-likeness (QED) is 0.572. The highest BCUT2D eigenvalue weighted by Crippen LogP contribution is 2.10. The third kappa shape index (κ3) is 9.33. The van der Waals surface area contributed by atoms with Gasteiger partial charge in [0.2, 0.25) is 0 Å². The van der Waals surface area contributed by atoms with Gasteiger partial charge in [-0.05, 0) is 27.2 Å². The molecule has 19 heavy (non-hydrogen) atoms. The van der Waals surface area contributed by atoms with E-state index in [0.29, 0.717) is 6.42 Å². The molecule has 0 aromatic rings. The normalized spacial score (nSPS) is 12.7. The summed E-state index contributed by atoms with van der Waals surface area (Å²) in [7, 11) is 1.32. The number of hydrogen-bond donors (Lipinski definition) is 1. The second-order valence-corrected chi connectivity index (χ2v) is 5.57. The average molecular weight is 273 g/mol. The van der Waals surface area contributed by atoms with Crippen molar-refractivity contribution >= 4 is 12.1 Å². The second kappa shape index (κ2) is 8.77. The lowest BCUT2D eigenvalue weighted by atomic mass is 10.1. The van der Waals surface area contributed by atoms with E-state index < -0.39 is 23.7 Å². The molecule has 1 atom stereocenters. The van der Waals surface area contributed by atoms with Crippen molar-refractivity contribution in [1.29, 1.82) is 0 Å². The molecule has 0 aliphatic rings. The molecule has 0 saturated heterocycles. The first-order chi connectivity index (χ1) is 8.80. The van der Waals surface area contributed by atoms with Crippen LogP contribution in [0.2, 0.25) is 0 Å². The van der Waals surface area contributed by atoms with Crippen LogP contribution in [0.1, 0.15) is 59.8 Å². The number of carbonyl (C=O) groups excluding carboxylic acids is 2. The highest BCUT2D eigenvalue weighted by Gasteiger charge is 2.24. The Morgan fingerprint density at radius 2 is 1.79 bits per heavy atom. The van der Waals surface area contributed by atoms with Crippen LogP contribution in [0, 0.1) is 0 Å². The molecule has 0 rings (SSSR count). The maximum atomic E-state index is 11.6. The number of carbonyl (C=O) groups is 2. The first-order valence-electron chi connectivity index (χ1n) is 6.87. The Morgan fingerprint density at radius 1 is 1.16 bits per heavy atom. The van der Waals surface area contributed by atoms with Gasteiger partial charge in [0.05, 0.1) is 7.11 Å². The summed E-state index contributed by atoms with van der Waals surface area (Å²) in [4.78, 5) is 23.2. The molecule has 0 unspecified atom stereocenters. The summed E-state index contributed by atoms with van der Waals surface area (Å²) in [5.41, 5.74) is -0.576. The number of esters is 1. The lowest BCUT2D eigenvalue weighted by Crippen LogP contribution is -2.44. The van der Waals surface area contributed by atoms with Crippen molar-refractivity contribution in [3.8, 4) is 0 Å². The minimum Gasteiger partial charge on any atom is -0.467 e. The van der Waals surface area contributed by atoms with Gasteiger partial charge in [-0.15, -0.1) is 0 Å². The maximum absolute atomic E-state index is 11.6. The standard InChI is InChI=1S/C14H27NO4/c1-6-7-8-9-10-11(12(16)18-5)15-13(17)19-14(2,3)4/h11H,6-10H2,1-5H3,(H,15,17)/t11-/m0/s1. The van der Waals surface area contributed by atoms with Crippen molar-refractivity contribution in [2.75, 3.05) is 7.11 Å². The molecule has 0 spiro atoms. The zero-order valence-corrected chi connectivity index (χ0v) is 12.7. The Kier molecular flexibility index (Phi) is 8.19. The highest BCUT2D eigenvalue weighted by molar-refractivity contribution is 5.81. The molecule has 112 valence electrons. The number of alkyl carbamates (subject to hydrolysis) is 1. The van der Waals surface area contributed by atoms with Crippen molar-refractivity contribution in [2.24, 2.45) is 0 Å². The van der Waals surface area contributed by atoms with Crippen molar-refractivity contribution in [1.82, 2.24) is 5.32 Å². The molecule has 1 N–H and O–H groups in total. The smallest absolute Gasteiger partial charge is 0.408 e. The minimum atomic E-state index is -0.628. The summed E-state index contributed by atoms with van der Waals surface area (Å²) in [5.74, 6) is -0.428. The predicted octanol–water partition coefficient (Wildman–Crippen LogP) is 3.02. The van der Waals surface area contributed by atoms with Gasteiger partial charge >= 0.3 is 12.1 Å². The topological polar surface area (TPSA) is 64.6 Å². The van der Waals surface area contributed by atoms with E-state index in [9.17, 15) is 9.59 Å². The number of unbranched alkanes of at least 4 members (excludes halogenated alkanes) is 3. The van der Waals surface area contributed by atoms with E-state index in [1.807, 2.05) is 0 Å². The van der Waals surface area contributed by atoms with Crippen LogP contribution in [-0.2, 0) is 14.3 Å². The molecule has 0 heterocycles. The Bertz CT molecular complexity index is 284. The molecule has 0 fully saturated rings. The number of nitrogens with one attached hydrogen (secondary N) is 1. The number of rotatable bonds is 7. The van der Waals surface area contributed by atoms with E-state index in [4.69, 9.17) is 9.47 Å². The van der Waals surface area contributed by atoms with Crippen molar-refractivity contribution in [3.05, 3.63) is 0 Å². The van der Waals surface area contributed by atoms with E-state index in [2.05, 4.69) is 12.2 Å². The Balaban J connectivity index is 4.27. The molecule has 0 aromatic carbocycles. The Morgan fingerprint density at radius 3 is 2.26 bits per heavy atom. The van der Waals surface area contributed by atoms with E-state index in [0.717, 1.165) is 25.7 Å². The van der Waals surface area contributed by atoms with Gasteiger partial charge in [0, 0.05) is 0 Å². The van der Waals surface area contributed by atoms with Crippen LogP contribution in [0.25, 0.3) is 0 Å². The lowest BCUT2D eigenvalue weighted by molar-refractivity contribution is -0.143. The minimum absolute atomic E-state index is 0.428. The number of amides is 1. The molecule has 0 saturated carbocycles. The van der Waals surface area contributed by atoms with E-state index in [1.165, 1.54) is 7.11 Å². The number of methoxy groups -OCH3 is 1. The van der Waals surface area contributed by atoms with Crippen LogP contribution in [0.15, 0.2) is 0 Å². The summed E-state index contributed by atoms with van der Waals surface area (Å²) >= 11 is 0. The van der Waals surface area contributed by atoms with Crippen LogP contribution in [-0.4, -0.2) is 30.8 Å². The molecule has 0 bridgehead atoms. The zero-order valence-electron chi connectivity index (χ0n) is 12.7. The summed E-state index contributed by atoms with van der Waals surface area (Å²) < 4.78 is 9.82. The summed E-state index contributed by atoms with van der Waals surface area (Å²) in [5, 5.41) is 2.57. The van der Waals surface area contributed by atoms with Gasteiger partial charge < -0.3 is 14.8 Å².